The molecule has 1 fully saturated rings. The summed E-state index contributed by atoms with van der Waals surface area (Å²) in [6, 6.07) is 2.23. The van der Waals surface area contributed by atoms with E-state index in [1.54, 1.807) is 0 Å². The van der Waals surface area contributed by atoms with Crippen LogP contribution in [0.25, 0.3) is 0 Å². The van der Waals surface area contributed by atoms with Gasteiger partial charge in [-0.15, -0.1) is 0 Å². The molecule has 1 N–H and O–H groups in total. The average Bonchev–Trinajstić information content (AvgIpc) is 2.60. The van der Waals surface area contributed by atoms with E-state index in [9.17, 15) is 26.4 Å². The van der Waals surface area contributed by atoms with Gasteiger partial charge in [0.1, 0.15) is 4.90 Å². The van der Waals surface area contributed by atoms with Crippen molar-refractivity contribution in [3.63, 3.8) is 0 Å². The maximum absolute atomic E-state index is 12.9. The third-order valence-corrected chi connectivity index (χ3v) is 7.45. The van der Waals surface area contributed by atoms with E-state index in [0.717, 1.165) is 16.4 Å². The number of rotatable bonds is 5. The molecule has 158 valence electrons. The summed E-state index contributed by atoms with van der Waals surface area (Å²) in [5, 5.41) is 2.65. The molecule has 10 heteroatoms. The number of carbonyl (C=O) groups is 1. The highest BCUT2D eigenvalue weighted by Gasteiger charge is 2.36. The molecule has 1 amide bonds. The fourth-order valence-corrected chi connectivity index (χ4v) is 4.85. The lowest BCUT2D eigenvalue weighted by atomic mass is 9.96. The molecule has 0 saturated carbocycles. The van der Waals surface area contributed by atoms with Crippen molar-refractivity contribution in [2.75, 3.05) is 13.1 Å². The van der Waals surface area contributed by atoms with Crippen LogP contribution in [0.4, 0.5) is 13.2 Å². The van der Waals surface area contributed by atoms with Crippen LogP contribution in [-0.2, 0) is 21.0 Å². The molecule has 1 heterocycles. The van der Waals surface area contributed by atoms with Gasteiger partial charge in [-0.1, -0.05) is 25.4 Å². The number of hydrogen-bond acceptors (Lipinski definition) is 3. The normalized spacial score (nSPS) is 18.3. The molecular weight excluding hydrogens is 417 g/mol. The Labute approximate surface area is 168 Å². The van der Waals surface area contributed by atoms with Crippen LogP contribution in [-0.4, -0.2) is 37.8 Å². The number of benzene rings is 1. The maximum atomic E-state index is 12.9. The van der Waals surface area contributed by atoms with Gasteiger partial charge in [0.25, 0.3) is 0 Å². The van der Waals surface area contributed by atoms with E-state index in [1.807, 2.05) is 20.8 Å². The highest BCUT2D eigenvalue weighted by molar-refractivity contribution is 7.89. The summed E-state index contributed by atoms with van der Waals surface area (Å²) < 4.78 is 65.5. The summed E-state index contributed by atoms with van der Waals surface area (Å²) in [4.78, 5) is 11.8. The molecule has 0 radical (unpaired) electrons. The third kappa shape index (κ3) is 5.18. The van der Waals surface area contributed by atoms with Crippen LogP contribution >= 0.6 is 11.6 Å². The molecule has 1 aliphatic heterocycles. The first-order chi connectivity index (χ1) is 12.8. The minimum atomic E-state index is -4.67. The molecule has 0 spiro atoms. The molecule has 1 aromatic rings. The van der Waals surface area contributed by atoms with Crippen molar-refractivity contribution in [2.45, 2.75) is 50.7 Å². The summed E-state index contributed by atoms with van der Waals surface area (Å²) in [6.07, 6.45) is -4.08. The molecule has 0 aliphatic carbocycles. The van der Waals surface area contributed by atoms with Gasteiger partial charge in [0, 0.05) is 25.0 Å². The Balaban J connectivity index is 2.13. The van der Waals surface area contributed by atoms with Gasteiger partial charge in [-0.25, -0.2) is 8.42 Å². The van der Waals surface area contributed by atoms with Crippen LogP contribution in [0.5, 0.6) is 0 Å². The minimum absolute atomic E-state index is 0.00169. The summed E-state index contributed by atoms with van der Waals surface area (Å²) in [5.74, 6) is -0.188. The number of nitrogens with zero attached hydrogens (tertiary/aromatic N) is 1. The largest absolute Gasteiger partial charge is 0.416 e. The Morgan fingerprint density at radius 3 is 2.29 bits per heavy atom. The van der Waals surface area contributed by atoms with Gasteiger partial charge >= 0.3 is 6.18 Å². The van der Waals surface area contributed by atoms with Crippen molar-refractivity contribution >= 4 is 27.5 Å². The van der Waals surface area contributed by atoms with Gasteiger partial charge in [0.15, 0.2) is 0 Å². The van der Waals surface area contributed by atoms with Gasteiger partial charge in [-0.2, -0.15) is 17.5 Å². The Kier molecular flexibility index (Phi) is 7.04. The van der Waals surface area contributed by atoms with Crippen LogP contribution in [0.2, 0.25) is 5.02 Å². The second-order valence-electron chi connectivity index (χ2n) is 7.36. The lowest BCUT2D eigenvalue weighted by Crippen LogP contribution is -2.45. The van der Waals surface area contributed by atoms with Crippen LogP contribution in [0, 0.1) is 11.8 Å². The molecular formula is C18H24ClF3N2O3S. The number of amides is 1. The van der Waals surface area contributed by atoms with Gasteiger partial charge < -0.3 is 5.32 Å². The van der Waals surface area contributed by atoms with Gasteiger partial charge in [-0.3, -0.25) is 4.79 Å². The first-order valence-electron chi connectivity index (χ1n) is 9.01. The SMILES string of the molecule is CC(C)C(C)NC(=O)C1CCN(S(=O)(=O)c2cc(C(F)(F)F)ccc2Cl)CC1. The van der Waals surface area contributed by atoms with E-state index in [-0.39, 0.29) is 41.9 Å². The monoisotopic (exact) mass is 440 g/mol. The van der Waals surface area contributed by atoms with E-state index in [0.29, 0.717) is 18.9 Å². The molecule has 5 nitrogen and oxygen atoms in total. The lowest BCUT2D eigenvalue weighted by molar-refractivity contribution is -0.137. The van der Waals surface area contributed by atoms with Crippen molar-refractivity contribution < 1.29 is 26.4 Å². The predicted octanol–water partition coefficient (Wildman–Crippen LogP) is 3.92. The standard InChI is InChI=1S/C18H24ClF3N2O3S/c1-11(2)12(3)23-17(25)13-6-8-24(9-7-13)28(26,27)16-10-14(18(20,21)22)4-5-15(16)19/h4-5,10-13H,6-9H2,1-3H3,(H,23,25). The summed E-state index contributed by atoms with van der Waals surface area (Å²) >= 11 is 5.88. The fourth-order valence-electron chi connectivity index (χ4n) is 2.88. The molecule has 1 aromatic carbocycles. The second-order valence-corrected chi connectivity index (χ2v) is 9.68. The summed E-state index contributed by atoms with van der Waals surface area (Å²) in [7, 11) is -4.19. The number of sulfonamides is 1. The second kappa shape index (κ2) is 8.59. The zero-order valence-electron chi connectivity index (χ0n) is 15.9. The predicted molar refractivity (Wildman–Crippen MR) is 100 cm³/mol. The smallest absolute Gasteiger partial charge is 0.353 e. The molecule has 1 atom stereocenters. The molecule has 1 saturated heterocycles. The topological polar surface area (TPSA) is 66.5 Å². The first kappa shape index (κ1) is 23.0. The number of carbonyl (C=O) groups excluding carboxylic acids is 1. The molecule has 2 rings (SSSR count). The van der Waals surface area contributed by atoms with Gasteiger partial charge in [0.2, 0.25) is 15.9 Å². The molecule has 1 aliphatic rings. The van der Waals surface area contributed by atoms with E-state index in [2.05, 4.69) is 5.32 Å². The van der Waals surface area contributed by atoms with Crippen molar-refractivity contribution in [1.29, 1.82) is 0 Å². The van der Waals surface area contributed by atoms with Gasteiger partial charge in [-0.05, 0) is 43.9 Å². The summed E-state index contributed by atoms with van der Waals surface area (Å²) in [6.45, 7) is 5.96. The van der Waals surface area contributed by atoms with E-state index >= 15 is 0 Å². The zero-order valence-corrected chi connectivity index (χ0v) is 17.5. The van der Waals surface area contributed by atoms with Crippen molar-refractivity contribution in [3.8, 4) is 0 Å². The summed E-state index contributed by atoms with van der Waals surface area (Å²) in [5.41, 5.74) is -1.08. The first-order valence-corrected chi connectivity index (χ1v) is 10.8. The van der Waals surface area contributed by atoms with Crippen LogP contribution in [0.1, 0.15) is 39.2 Å². The van der Waals surface area contributed by atoms with Crippen LogP contribution < -0.4 is 5.32 Å². The average molecular weight is 441 g/mol. The van der Waals surface area contributed by atoms with E-state index < -0.39 is 26.7 Å². The number of hydrogen-bond donors (Lipinski definition) is 1. The molecule has 28 heavy (non-hydrogen) atoms. The Morgan fingerprint density at radius 1 is 1.21 bits per heavy atom. The number of piperidine rings is 1. The van der Waals surface area contributed by atoms with Crippen molar-refractivity contribution in [2.24, 2.45) is 11.8 Å². The number of halogens is 4. The van der Waals surface area contributed by atoms with Gasteiger partial charge in [0.05, 0.1) is 10.6 Å². The third-order valence-electron chi connectivity index (χ3n) is 5.07. The van der Waals surface area contributed by atoms with Crippen LogP contribution in [0.3, 0.4) is 0 Å². The Hall–Kier alpha value is -1.32. The fraction of sp³-hybridized carbons (Fsp3) is 0.611. The molecule has 0 bridgehead atoms. The van der Waals surface area contributed by atoms with Crippen molar-refractivity contribution in [3.05, 3.63) is 28.8 Å². The Morgan fingerprint density at radius 2 is 1.79 bits per heavy atom. The lowest BCUT2D eigenvalue weighted by Gasteiger charge is -2.31. The highest BCUT2D eigenvalue weighted by atomic mass is 35.5. The number of nitrogens with one attached hydrogen (secondary N) is 1. The number of alkyl halides is 3. The van der Waals surface area contributed by atoms with E-state index in [4.69, 9.17) is 11.6 Å². The highest BCUT2D eigenvalue weighted by Crippen LogP contribution is 2.35. The zero-order chi connectivity index (χ0) is 21.3. The van der Waals surface area contributed by atoms with E-state index in [1.165, 1.54) is 0 Å². The molecule has 1 unspecified atom stereocenters. The quantitative estimate of drug-likeness (QED) is 0.754. The Bertz CT molecular complexity index is 820. The van der Waals surface area contributed by atoms with Crippen LogP contribution in [0.15, 0.2) is 23.1 Å². The van der Waals surface area contributed by atoms with Crippen molar-refractivity contribution in [1.82, 2.24) is 9.62 Å². The molecule has 0 aromatic heterocycles. The maximum Gasteiger partial charge on any atom is 0.416 e. The minimum Gasteiger partial charge on any atom is -0.353 e.